The molecule has 1 aliphatic rings. The van der Waals surface area contributed by atoms with Crippen molar-refractivity contribution in [1.29, 1.82) is 0 Å². The molecule has 0 fully saturated rings. The maximum Gasteiger partial charge on any atom is 0.313 e. The van der Waals surface area contributed by atoms with Gasteiger partial charge in [-0.25, -0.2) is 15.0 Å². The number of carbonyl (C=O) groups is 1. The normalized spacial score (nSPS) is 18.9. The largest absolute Gasteiger partial charge is 0.481 e. The predicted molar refractivity (Wildman–Crippen MR) is 87.4 cm³/mol. The average molecular weight is 342 g/mol. The molecule has 0 saturated heterocycles. The van der Waals surface area contributed by atoms with E-state index in [1.165, 1.54) is 31.6 Å². The molecule has 2 heterocycles. The standard InChI is InChI=1S/C16H14N4O5/c1-8-11(16(21)22)12(9-4-3-5-10(6-9)20(23)24)13-14(19-8)17-7-18-15(13)25-2/h3-7,11-12H,1-2H3,(H,21,22). The van der Waals surface area contributed by atoms with E-state index in [1.54, 1.807) is 13.0 Å². The molecule has 128 valence electrons. The van der Waals surface area contributed by atoms with Gasteiger partial charge >= 0.3 is 5.97 Å². The fourth-order valence-corrected chi connectivity index (χ4v) is 3.05. The van der Waals surface area contributed by atoms with Gasteiger partial charge in [-0.15, -0.1) is 0 Å². The van der Waals surface area contributed by atoms with Crippen molar-refractivity contribution in [3.8, 4) is 5.88 Å². The highest BCUT2D eigenvalue weighted by Crippen LogP contribution is 2.45. The molecule has 0 saturated carbocycles. The third-order valence-corrected chi connectivity index (χ3v) is 4.10. The second-order valence-electron chi connectivity index (χ2n) is 5.52. The molecular weight excluding hydrogens is 328 g/mol. The second-order valence-corrected chi connectivity index (χ2v) is 5.52. The van der Waals surface area contributed by atoms with Crippen molar-refractivity contribution in [3.63, 3.8) is 0 Å². The lowest BCUT2D eigenvalue weighted by Crippen LogP contribution is -2.32. The fourth-order valence-electron chi connectivity index (χ4n) is 3.05. The predicted octanol–water partition coefficient (Wildman–Crippen LogP) is 2.33. The Balaban J connectivity index is 2.28. The van der Waals surface area contributed by atoms with Crippen molar-refractivity contribution < 1.29 is 19.6 Å². The van der Waals surface area contributed by atoms with Gasteiger partial charge in [0.1, 0.15) is 12.2 Å². The zero-order valence-electron chi connectivity index (χ0n) is 13.4. The summed E-state index contributed by atoms with van der Waals surface area (Å²) in [4.78, 5) is 34.9. The lowest BCUT2D eigenvalue weighted by Gasteiger charge is -2.29. The van der Waals surface area contributed by atoms with Crippen molar-refractivity contribution in [1.82, 2.24) is 9.97 Å². The number of nitro groups is 1. The van der Waals surface area contributed by atoms with E-state index in [1.807, 2.05) is 0 Å². The topological polar surface area (TPSA) is 128 Å². The Labute approximate surface area is 142 Å². The van der Waals surface area contributed by atoms with E-state index in [9.17, 15) is 20.0 Å². The molecule has 9 heteroatoms. The van der Waals surface area contributed by atoms with Crippen molar-refractivity contribution in [2.45, 2.75) is 12.8 Å². The van der Waals surface area contributed by atoms with Gasteiger partial charge in [-0.3, -0.25) is 14.9 Å². The van der Waals surface area contributed by atoms with Crippen LogP contribution in [0.15, 0.2) is 35.6 Å². The first kappa shape index (κ1) is 16.5. The number of hydrogen-bond donors (Lipinski definition) is 1. The molecule has 2 unspecified atom stereocenters. The number of fused-ring (bicyclic) bond motifs is 1. The molecule has 2 atom stereocenters. The van der Waals surface area contributed by atoms with Gasteiger partial charge in [0.05, 0.1) is 17.6 Å². The van der Waals surface area contributed by atoms with Crippen LogP contribution in [0.25, 0.3) is 0 Å². The summed E-state index contributed by atoms with van der Waals surface area (Å²) in [6.07, 6.45) is 1.28. The summed E-state index contributed by atoms with van der Waals surface area (Å²) in [5.41, 5.74) is 1.10. The Morgan fingerprint density at radius 1 is 1.36 bits per heavy atom. The van der Waals surface area contributed by atoms with Crippen LogP contribution in [0.2, 0.25) is 0 Å². The van der Waals surface area contributed by atoms with Gasteiger partial charge in [0.25, 0.3) is 5.69 Å². The van der Waals surface area contributed by atoms with Gasteiger partial charge in [-0.1, -0.05) is 12.1 Å². The summed E-state index contributed by atoms with van der Waals surface area (Å²) < 4.78 is 5.26. The summed E-state index contributed by atoms with van der Waals surface area (Å²) in [6.45, 7) is 1.60. The third kappa shape index (κ3) is 2.80. The Kier molecular flexibility index (Phi) is 4.14. The van der Waals surface area contributed by atoms with Gasteiger partial charge in [0.2, 0.25) is 5.88 Å². The van der Waals surface area contributed by atoms with Crippen LogP contribution in [0.1, 0.15) is 24.0 Å². The number of methoxy groups -OCH3 is 1. The van der Waals surface area contributed by atoms with Crippen molar-refractivity contribution in [3.05, 3.63) is 51.8 Å². The Bertz CT molecular complexity index is 896. The van der Waals surface area contributed by atoms with Crippen molar-refractivity contribution >= 4 is 23.2 Å². The number of aliphatic imine (C=N–C) groups is 1. The van der Waals surface area contributed by atoms with Crippen LogP contribution in [0.3, 0.4) is 0 Å². The first-order valence-electron chi connectivity index (χ1n) is 7.35. The van der Waals surface area contributed by atoms with Crippen molar-refractivity contribution in [2.24, 2.45) is 10.9 Å². The van der Waals surface area contributed by atoms with Gasteiger partial charge in [-0.2, -0.15) is 0 Å². The minimum atomic E-state index is -1.09. The van der Waals surface area contributed by atoms with Crippen LogP contribution in [-0.4, -0.2) is 38.8 Å². The first-order valence-corrected chi connectivity index (χ1v) is 7.35. The summed E-state index contributed by atoms with van der Waals surface area (Å²) in [5.74, 6) is -2.34. The Hall–Kier alpha value is -3.36. The number of non-ortho nitro benzene ring substituents is 1. The minimum absolute atomic E-state index is 0.126. The van der Waals surface area contributed by atoms with Crippen LogP contribution in [0.5, 0.6) is 5.88 Å². The lowest BCUT2D eigenvalue weighted by atomic mass is 9.77. The van der Waals surface area contributed by atoms with Crippen LogP contribution in [0.4, 0.5) is 11.5 Å². The number of aromatic nitrogens is 2. The molecular formula is C16H14N4O5. The van der Waals surface area contributed by atoms with Gasteiger partial charge in [0, 0.05) is 23.8 Å². The van der Waals surface area contributed by atoms with E-state index in [2.05, 4.69) is 15.0 Å². The molecule has 9 nitrogen and oxygen atoms in total. The highest BCUT2D eigenvalue weighted by atomic mass is 16.6. The van der Waals surface area contributed by atoms with E-state index in [4.69, 9.17) is 4.74 Å². The van der Waals surface area contributed by atoms with Crippen molar-refractivity contribution in [2.75, 3.05) is 7.11 Å². The maximum absolute atomic E-state index is 11.9. The van der Waals surface area contributed by atoms with Gasteiger partial charge in [0.15, 0.2) is 5.82 Å². The molecule has 1 N–H and O–H groups in total. The molecule has 0 bridgehead atoms. The maximum atomic E-state index is 11.9. The molecule has 1 aromatic carbocycles. The molecule has 1 aliphatic heterocycles. The number of nitro benzene ring substituents is 1. The number of hydrogen-bond acceptors (Lipinski definition) is 7. The lowest BCUT2D eigenvalue weighted by molar-refractivity contribution is -0.384. The highest BCUT2D eigenvalue weighted by Gasteiger charge is 2.41. The van der Waals surface area contributed by atoms with Crippen LogP contribution in [-0.2, 0) is 4.79 Å². The fraction of sp³-hybridized carbons (Fsp3) is 0.250. The summed E-state index contributed by atoms with van der Waals surface area (Å²) in [6, 6.07) is 5.87. The zero-order valence-corrected chi connectivity index (χ0v) is 13.4. The zero-order chi connectivity index (χ0) is 18.1. The molecule has 3 rings (SSSR count). The number of aliphatic carboxylic acids is 1. The van der Waals surface area contributed by atoms with Gasteiger partial charge in [-0.05, 0) is 12.5 Å². The SMILES string of the molecule is COc1ncnc2c1C(c1cccc([N+](=O)[O-])c1)C(C(=O)O)C(C)=N2. The van der Waals surface area contributed by atoms with E-state index >= 15 is 0 Å². The van der Waals surface area contributed by atoms with E-state index in [0.29, 0.717) is 22.7 Å². The molecule has 0 aliphatic carbocycles. The number of carboxylic acids is 1. The summed E-state index contributed by atoms with van der Waals surface area (Å²) >= 11 is 0. The van der Waals surface area contributed by atoms with E-state index in [0.717, 1.165) is 0 Å². The molecule has 2 aromatic rings. The quantitative estimate of drug-likeness (QED) is 0.667. The number of rotatable bonds is 4. The van der Waals surface area contributed by atoms with E-state index in [-0.39, 0.29) is 11.6 Å². The molecule has 0 spiro atoms. The molecule has 0 amide bonds. The molecule has 1 aromatic heterocycles. The average Bonchev–Trinajstić information content (AvgIpc) is 2.59. The number of ether oxygens (including phenoxy) is 1. The Morgan fingerprint density at radius 3 is 2.76 bits per heavy atom. The summed E-state index contributed by atoms with van der Waals surface area (Å²) in [7, 11) is 1.41. The van der Waals surface area contributed by atoms with Crippen LogP contribution < -0.4 is 4.74 Å². The number of carboxylic acid groups (broad SMARTS) is 1. The number of nitrogens with zero attached hydrogens (tertiary/aromatic N) is 4. The third-order valence-electron chi connectivity index (χ3n) is 4.10. The van der Waals surface area contributed by atoms with E-state index < -0.39 is 22.7 Å². The summed E-state index contributed by atoms with van der Waals surface area (Å²) in [5, 5.41) is 20.8. The molecule has 0 radical (unpaired) electrons. The second kappa shape index (κ2) is 6.27. The molecule has 25 heavy (non-hydrogen) atoms. The van der Waals surface area contributed by atoms with Crippen LogP contribution >= 0.6 is 0 Å². The smallest absolute Gasteiger partial charge is 0.313 e. The first-order chi connectivity index (χ1) is 11.9. The minimum Gasteiger partial charge on any atom is -0.481 e. The van der Waals surface area contributed by atoms with Gasteiger partial charge < -0.3 is 9.84 Å². The monoisotopic (exact) mass is 342 g/mol. The number of benzene rings is 1. The highest BCUT2D eigenvalue weighted by molar-refractivity contribution is 6.04. The van der Waals surface area contributed by atoms with Crippen LogP contribution in [0, 0.1) is 16.0 Å². The Morgan fingerprint density at radius 2 is 2.12 bits per heavy atom.